The van der Waals surface area contributed by atoms with E-state index in [0.29, 0.717) is 0 Å². The summed E-state index contributed by atoms with van der Waals surface area (Å²) < 4.78 is 0. The molecule has 0 saturated heterocycles. The monoisotopic (exact) mass is 189 g/mol. The summed E-state index contributed by atoms with van der Waals surface area (Å²) in [5, 5.41) is 2.50. The van der Waals surface area contributed by atoms with Gasteiger partial charge in [-0.3, -0.25) is 0 Å². The Hall–Kier alpha value is -1.15. The average Bonchev–Trinajstić information content (AvgIpc) is 2.18. The fourth-order valence-corrected chi connectivity index (χ4v) is 2.20. The van der Waals surface area contributed by atoms with Crippen molar-refractivity contribution in [1.82, 2.24) is 0 Å². The molecule has 0 radical (unpaired) electrons. The van der Waals surface area contributed by atoms with Gasteiger partial charge < -0.3 is 5.73 Å². The van der Waals surface area contributed by atoms with Gasteiger partial charge in [-0.15, -0.1) is 11.8 Å². The second-order valence-electron chi connectivity index (χ2n) is 2.91. The van der Waals surface area contributed by atoms with E-state index in [0.717, 1.165) is 5.69 Å². The first-order chi connectivity index (χ1) is 6.33. The molecule has 0 aliphatic heterocycles. The summed E-state index contributed by atoms with van der Waals surface area (Å²) >= 11 is 1.70. The number of nitrogens with two attached hydrogens (primary N) is 1. The Labute approximate surface area is 81.9 Å². The minimum atomic E-state index is 0.867. The molecule has 0 atom stereocenters. The van der Waals surface area contributed by atoms with Crippen LogP contribution < -0.4 is 5.73 Å². The van der Waals surface area contributed by atoms with Crippen molar-refractivity contribution < 1.29 is 0 Å². The number of hydrogen-bond acceptors (Lipinski definition) is 2. The Balaban J connectivity index is 2.84. The molecule has 66 valence electrons. The van der Waals surface area contributed by atoms with E-state index in [9.17, 15) is 0 Å². The largest absolute Gasteiger partial charge is 0.398 e. The molecule has 0 unspecified atom stereocenters. The topological polar surface area (TPSA) is 26.0 Å². The Bertz CT molecular complexity index is 437. The first-order valence-corrected chi connectivity index (χ1v) is 5.36. The lowest BCUT2D eigenvalue weighted by atomic mass is 10.1. The molecule has 1 nitrogen and oxygen atoms in total. The Morgan fingerprint density at radius 1 is 1.08 bits per heavy atom. The molecule has 0 aliphatic carbocycles. The van der Waals surface area contributed by atoms with Crippen LogP contribution in [0.15, 0.2) is 41.3 Å². The van der Waals surface area contributed by atoms with Crippen molar-refractivity contribution in [1.29, 1.82) is 0 Å². The van der Waals surface area contributed by atoms with Crippen LogP contribution in [0, 0.1) is 0 Å². The van der Waals surface area contributed by atoms with E-state index >= 15 is 0 Å². The molecule has 2 rings (SSSR count). The van der Waals surface area contributed by atoms with Crippen LogP contribution in [0.25, 0.3) is 10.8 Å². The van der Waals surface area contributed by atoms with Gasteiger partial charge in [0.05, 0.1) is 0 Å². The number of benzene rings is 2. The number of thioether (sulfide) groups is 1. The van der Waals surface area contributed by atoms with Crippen LogP contribution in [0.4, 0.5) is 5.69 Å². The molecular weight excluding hydrogens is 178 g/mol. The Kier molecular flexibility index (Phi) is 2.15. The molecule has 0 amide bonds. The highest BCUT2D eigenvalue weighted by molar-refractivity contribution is 7.99. The molecule has 0 bridgehead atoms. The summed E-state index contributed by atoms with van der Waals surface area (Å²) in [4.78, 5) is 1.18. The molecule has 0 aliphatic rings. The Morgan fingerprint density at radius 3 is 2.62 bits per heavy atom. The van der Waals surface area contributed by atoms with Crippen molar-refractivity contribution in [2.24, 2.45) is 0 Å². The predicted octanol–water partition coefficient (Wildman–Crippen LogP) is 3.14. The van der Waals surface area contributed by atoms with Gasteiger partial charge in [0.1, 0.15) is 0 Å². The zero-order valence-corrected chi connectivity index (χ0v) is 8.27. The summed E-state index contributed by atoms with van der Waals surface area (Å²) in [6, 6.07) is 12.3. The molecule has 0 spiro atoms. The van der Waals surface area contributed by atoms with E-state index in [1.807, 2.05) is 18.2 Å². The fraction of sp³-hybridized carbons (Fsp3) is 0.0909. The standard InChI is InChI=1S/C11H11NS/c1-13-11-9-5-3-2-4-8(9)6-7-10(11)12/h2-7H,12H2,1H3. The van der Waals surface area contributed by atoms with Gasteiger partial charge in [0.2, 0.25) is 0 Å². The lowest BCUT2D eigenvalue weighted by molar-refractivity contribution is 1.54. The molecule has 0 fully saturated rings. The summed E-state index contributed by atoms with van der Waals surface area (Å²) in [6.07, 6.45) is 2.05. The Morgan fingerprint density at radius 2 is 1.85 bits per heavy atom. The number of hydrogen-bond donors (Lipinski definition) is 1. The molecule has 0 aromatic heterocycles. The van der Waals surface area contributed by atoms with Crippen molar-refractivity contribution in [2.45, 2.75) is 4.90 Å². The van der Waals surface area contributed by atoms with Crippen LogP contribution in [0.1, 0.15) is 0 Å². The summed E-state index contributed by atoms with van der Waals surface area (Å²) in [7, 11) is 0. The summed E-state index contributed by atoms with van der Waals surface area (Å²) in [6.45, 7) is 0. The van der Waals surface area contributed by atoms with Crippen molar-refractivity contribution in [3.05, 3.63) is 36.4 Å². The van der Waals surface area contributed by atoms with Gasteiger partial charge in [-0.05, 0) is 23.1 Å². The van der Waals surface area contributed by atoms with E-state index < -0.39 is 0 Å². The van der Waals surface area contributed by atoms with Crippen LogP contribution in [-0.2, 0) is 0 Å². The van der Waals surface area contributed by atoms with Crippen LogP contribution in [-0.4, -0.2) is 6.26 Å². The highest BCUT2D eigenvalue weighted by Gasteiger charge is 2.02. The normalized spacial score (nSPS) is 10.5. The third-order valence-corrected chi connectivity index (χ3v) is 2.98. The number of rotatable bonds is 1. The quantitative estimate of drug-likeness (QED) is 0.551. The first kappa shape index (κ1) is 8.45. The van der Waals surface area contributed by atoms with Crippen molar-refractivity contribution in [3.8, 4) is 0 Å². The number of anilines is 1. The average molecular weight is 189 g/mol. The van der Waals surface area contributed by atoms with Crippen molar-refractivity contribution in [3.63, 3.8) is 0 Å². The van der Waals surface area contributed by atoms with Crippen LogP contribution in [0.5, 0.6) is 0 Å². The highest BCUT2D eigenvalue weighted by atomic mass is 32.2. The third-order valence-electron chi connectivity index (χ3n) is 2.11. The lowest BCUT2D eigenvalue weighted by Gasteiger charge is -2.06. The lowest BCUT2D eigenvalue weighted by Crippen LogP contribution is -1.88. The van der Waals surface area contributed by atoms with Gasteiger partial charge in [0.15, 0.2) is 0 Å². The highest BCUT2D eigenvalue weighted by Crippen LogP contribution is 2.31. The predicted molar refractivity (Wildman–Crippen MR) is 60.1 cm³/mol. The molecule has 0 saturated carbocycles. The summed E-state index contributed by atoms with van der Waals surface area (Å²) in [5.74, 6) is 0. The van der Waals surface area contributed by atoms with Crippen molar-refractivity contribution in [2.75, 3.05) is 12.0 Å². The SMILES string of the molecule is CSc1c(N)ccc2ccccc12. The third kappa shape index (κ3) is 1.38. The van der Waals surface area contributed by atoms with Gasteiger partial charge >= 0.3 is 0 Å². The molecule has 2 N–H and O–H groups in total. The van der Waals surface area contributed by atoms with Crippen molar-refractivity contribution >= 4 is 28.2 Å². The van der Waals surface area contributed by atoms with E-state index in [1.165, 1.54) is 15.7 Å². The summed E-state index contributed by atoms with van der Waals surface area (Å²) in [5.41, 5.74) is 6.74. The second-order valence-corrected chi connectivity index (χ2v) is 3.73. The minimum absolute atomic E-state index is 0.867. The molecule has 2 aromatic rings. The van der Waals surface area contributed by atoms with Crippen LogP contribution in [0.2, 0.25) is 0 Å². The maximum Gasteiger partial charge on any atom is 0.0458 e. The first-order valence-electron chi connectivity index (χ1n) is 4.14. The van der Waals surface area contributed by atoms with E-state index in [1.54, 1.807) is 11.8 Å². The maximum absolute atomic E-state index is 5.88. The van der Waals surface area contributed by atoms with E-state index in [2.05, 4.69) is 24.5 Å². The molecule has 2 aromatic carbocycles. The zero-order valence-electron chi connectivity index (χ0n) is 7.45. The second kappa shape index (κ2) is 3.30. The number of fused-ring (bicyclic) bond motifs is 1. The smallest absolute Gasteiger partial charge is 0.0458 e. The van der Waals surface area contributed by atoms with Gasteiger partial charge in [0.25, 0.3) is 0 Å². The van der Waals surface area contributed by atoms with E-state index in [4.69, 9.17) is 5.73 Å². The zero-order chi connectivity index (χ0) is 9.26. The van der Waals surface area contributed by atoms with Gasteiger partial charge in [0, 0.05) is 10.6 Å². The molecule has 2 heteroatoms. The van der Waals surface area contributed by atoms with Gasteiger partial charge in [-0.2, -0.15) is 0 Å². The van der Waals surface area contributed by atoms with Gasteiger partial charge in [-0.25, -0.2) is 0 Å². The maximum atomic E-state index is 5.88. The minimum Gasteiger partial charge on any atom is -0.398 e. The molecule has 0 heterocycles. The van der Waals surface area contributed by atoms with Crippen LogP contribution in [0.3, 0.4) is 0 Å². The molecular formula is C11H11NS. The number of nitrogen functional groups attached to an aromatic ring is 1. The fourth-order valence-electron chi connectivity index (χ4n) is 1.49. The van der Waals surface area contributed by atoms with Crippen LogP contribution >= 0.6 is 11.8 Å². The molecule has 13 heavy (non-hydrogen) atoms. The van der Waals surface area contributed by atoms with Gasteiger partial charge in [-0.1, -0.05) is 30.3 Å². The van der Waals surface area contributed by atoms with E-state index in [-0.39, 0.29) is 0 Å².